The van der Waals surface area contributed by atoms with E-state index in [0.29, 0.717) is 13.2 Å². The minimum absolute atomic E-state index is 0.105. The van der Waals surface area contributed by atoms with Crippen LogP contribution in [0.15, 0.2) is 0 Å². The topological polar surface area (TPSA) is 87.7 Å². The Hall–Kier alpha value is -0.200. The third kappa shape index (κ3) is 6.06. The maximum absolute atomic E-state index is 9.14. The van der Waals surface area contributed by atoms with Crippen LogP contribution in [-0.4, -0.2) is 55.3 Å². The molecule has 5 N–H and O–H groups in total. The van der Waals surface area contributed by atoms with Crippen molar-refractivity contribution in [2.45, 2.75) is 31.3 Å². The fraction of sp³-hybridized carbons (Fsp3) is 1.00. The molecule has 92 valence electrons. The zero-order chi connectivity index (χ0) is 11.7. The van der Waals surface area contributed by atoms with Crippen molar-refractivity contribution in [3.05, 3.63) is 0 Å². The second-order valence-electron chi connectivity index (χ2n) is 4.10. The van der Waals surface area contributed by atoms with E-state index in [9.17, 15) is 0 Å². The standard InChI is InChI=1S/C10H24N2O3/c1-10(7-13,8-14)12-9(6-15-2)4-3-5-11/h9,12-14H,3-8,11H2,1-2H3. The molecule has 0 fully saturated rings. The molecule has 0 aliphatic carbocycles. The van der Waals surface area contributed by atoms with Gasteiger partial charge in [0.15, 0.2) is 0 Å². The normalized spacial score (nSPS) is 14.2. The molecule has 0 rings (SSSR count). The lowest BCUT2D eigenvalue weighted by molar-refractivity contribution is 0.0724. The van der Waals surface area contributed by atoms with Crippen LogP contribution in [0, 0.1) is 0 Å². The quantitative estimate of drug-likeness (QED) is 0.403. The SMILES string of the molecule is COCC(CCCN)NC(C)(CO)CO. The molecule has 0 aromatic heterocycles. The number of ether oxygens (including phenoxy) is 1. The van der Waals surface area contributed by atoms with Gasteiger partial charge in [0.25, 0.3) is 0 Å². The first-order valence-corrected chi connectivity index (χ1v) is 5.30. The summed E-state index contributed by atoms with van der Waals surface area (Å²) >= 11 is 0. The second kappa shape index (κ2) is 8.01. The zero-order valence-electron chi connectivity index (χ0n) is 9.70. The summed E-state index contributed by atoms with van der Waals surface area (Å²) in [6.07, 6.45) is 1.77. The third-order valence-electron chi connectivity index (χ3n) is 2.38. The first-order valence-electron chi connectivity index (χ1n) is 5.30. The van der Waals surface area contributed by atoms with Crippen molar-refractivity contribution in [3.8, 4) is 0 Å². The van der Waals surface area contributed by atoms with Crippen LogP contribution in [0.4, 0.5) is 0 Å². The van der Waals surface area contributed by atoms with Crippen LogP contribution >= 0.6 is 0 Å². The van der Waals surface area contributed by atoms with Crippen molar-refractivity contribution in [2.24, 2.45) is 5.73 Å². The van der Waals surface area contributed by atoms with Gasteiger partial charge in [-0.2, -0.15) is 0 Å². The lowest BCUT2D eigenvalue weighted by Crippen LogP contribution is -2.54. The van der Waals surface area contributed by atoms with Crippen LogP contribution in [0.2, 0.25) is 0 Å². The second-order valence-corrected chi connectivity index (χ2v) is 4.10. The molecule has 0 bridgehead atoms. The fourth-order valence-corrected chi connectivity index (χ4v) is 1.40. The molecule has 0 amide bonds. The molecular weight excluding hydrogens is 196 g/mol. The minimum Gasteiger partial charge on any atom is -0.394 e. The van der Waals surface area contributed by atoms with Gasteiger partial charge < -0.3 is 26.0 Å². The first kappa shape index (κ1) is 14.8. The zero-order valence-corrected chi connectivity index (χ0v) is 9.70. The van der Waals surface area contributed by atoms with E-state index >= 15 is 0 Å². The Labute approximate surface area is 91.6 Å². The average molecular weight is 220 g/mol. The summed E-state index contributed by atoms with van der Waals surface area (Å²) < 4.78 is 5.07. The Kier molecular flexibility index (Phi) is 7.90. The Morgan fingerprint density at radius 3 is 2.40 bits per heavy atom. The van der Waals surface area contributed by atoms with Crippen LogP contribution < -0.4 is 11.1 Å². The molecule has 0 radical (unpaired) electrons. The van der Waals surface area contributed by atoms with Gasteiger partial charge in [0, 0.05) is 13.2 Å². The molecule has 0 spiro atoms. The molecule has 0 aromatic carbocycles. The van der Waals surface area contributed by atoms with Gasteiger partial charge in [-0.3, -0.25) is 0 Å². The summed E-state index contributed by atoms with van der Waals surface area (Å²) in [5.41, 5.74) is 4.78. The summed E-state index contributed by atoms with van der Waals surface area (Å²) in [6.45, 7) is 2.75. The Bertz CT molecular complexity index is 152. The van der Waals surface area contributed by atoms with E-state index in [1.165, 1.54) is 0 Å². The lowest BCUT2D eigenvalue weighted by Gasteiger charge is -2.31. The molecule has 5 heteroatoms. The van der Waals surface area contributed by atoms with Crippen molar-refractivity contribution in [1.29, 1.82) is 0 Å². The molecule has 0 aliphatic rings. The Balaban J connectivity index is 4.11. The van der Waals surface area contributed by atoms with Gasteiger partial charge in [0.1, 0.15) is 0 Å². The number of hydrogen-bond donors (Lipinski definition) is 4. The monoisotopic (exact) mass is 220 g/mol. The van der Waals surface area contributed by atoms with Gasteiger partial charge in [0.05, 0.1) is 25.4 Å². The summed E-state index contributed by atoms with van der Waals surface area (Å²) in [4.78, 5) is 0. The molecule has 0 heterocycles. The fourth-order valence-electron chi connectivity index (χ4n) is 1.40. The van der Waals surface area contributed by atoms with E-state index in [2.05, 4.69) is 5.32 Å². The predicted octanol–water partition coefficient (Wildman–Crippen LogP) is -0.927. The number of nitrogens with one attached hydrogen (secondary N) is 1. The van der Waals surface area contributed by atoms with E-state index < -0.39 is 5.54 Å². The van der Waals surface area contributed by atoms with E-state index in [-0.39, 0.29) is 19.3 Å². The number of aliphatic hydroxyl groups is 2. The summed E-state index contributed by atoms with van der Waals surface area (Å²) in [7, 11) is 1.63. The molecule has 1 atom stereocenters. The van der Waals surface area contributed by atoms with Gasteiger partial charge in [-0.15, -0.1) is 0 Å². The van der Waals surface area contributed by atoms with Crippen LogP contribution in [0.5, 0.6) is 0 Å². The van der Waals surface area contributed by atoms with Gasteiger partial charge >= 0.3 is 0 Å². The highest BCUT2D eigenvalue weighted by atomic mass is 16.5. The first-order chi connectivity index (χ1) is 7.11. The van der Waals surface area contributed by atoms with Crippen molar-refractivity contribution < 1.29 is 14.9 Å². The molecular formula is C10H24N2O3. The van der Waals surface area contributed by atoms with E-state index in [1.54, 1.807) is 14.0 Å². The van der Waals surface area contributed by atoms with E-state index in [0.717, 1.165) is 12.8 Å². The van der Waals surface area contributed by atoms with Gasteiger partial charge in [-0.25, -0.2) is 0 Å². The number of rotatable bonds is 9. The van der Waals surface area contributed by atoms with Crippen molar-refractivity contribution >= 4 is 0 Å². The largest absolute Gasteiger partial charge is 0.394 e. The Morgan fingerprint density at radius 1 is 1.40 bits per heavy atom. The summed E-state index contributed by atoms with van der Waals surface area (Å²) in [5.74, 6) is 0. The van der Waals surface area contributed by atoms with Crippen molar-refractivity contribution in [1.82, 2.24) is 5.32 Å². The number of methoxy groups -OCH3 is 1. The van der Waals surface area contributed by atoms with Crippen molar-refractivity contribution in [3.63, 3.8) is 0 Å². The van der Waals surface area contributed by atoms with E-state index in [1.807, 2.05) is 0 Å². The highest BCUT2D eigenvalue weighted by Crippen LogP contribution is 2.06. The molecule has 1 unspecified atom stereocenters. The van der Waals surface area contributed by atoms with Gasteiger partial charge in [-0.1, -0.05) is 0 Å². The molecule has 0 saturated heterocycles. The molecule has 15 heavy (non-hydrogen) atoms. The van der Waals surface area contributed by atoms with Crippen LogP contribution in [0.25, 0.3) is 0 Å². The van der Waals surface area contributed by atoms with E-state index in [4.69, 9.17) is 20.7 Å². The van der Waals surface area contributed by atoms with Crippen LogP contribution in [0.3, 0.4) is 0 Å². The molecule has 5 nitrogen and oxygen atoms in total. The number of aliphatic hydroxyl groups excluding tert-OH is 2. The highest BCUT2D eigenvalue weighted by Gasteiger charge is 2.25. The van der Waals surface area contributed by atoms with Gasteiger partial charge in [-0.05, 0) is 26.3 Å². The molecule has 0 saturated carbocycles. The maximum atomic E-state index is 9.14. The average Bonchev–Trinajstić information content (AvgIpc) is 2.26. The predicted molar refractivity (Wildman–Crippen MR) is 59.7 cm³/mol. The summed E-state index contributed by atoms with van der Waals surface area (Å²) in [6, 6.07) is 0.114. The minimum atomic E-state index is -0.655. The van der Waals surface area contributed by atoms with Crippen LogP contribution in [0.1, 0.15) is 19.8 Å². The van der Waals surface area contributed by atoms with Gasteiger partial charge in [0.2, 0.25) is 0 Å². The molecule has 0 aliphatic heterocycles. The number of nitrogens with two attached hydrogens (primary N) is 1. The third-order valence-corrected chi connectivity index (χ3v) is 2.38. The number of hydrogen-bond acceptors (Lipinski definition) is 5. The smallest absolute Gasteiger partial charge is 0.0633 e. The van der Waals surface area contributed by atoms with Crippen molar-refractivity contribution in [2.75, 3.05) is 33.5 Å². The lowest BCUT2D eigenvalue weighted by atomic mass is 10.0. The maximum Gasteiger partial charge on any atom is 0.0633 e. The summed E-state index contributed by atoms with van der Waals surface area (Å²) in [5, 5.41) is 21.5. The molecule has 0 aromatic rings. The highest BCUT2D eigenvalue weighted by molar-refractivity contribution is 4.85. The van der Waals surface area contributed by atoms with Crippen LogP contribution in [-0.2, 0) is 4.74 Å². The Morgan fingerprint density at radius 2 is 2.00 bits per heavy atom.